The van der Waals surface area contributed by atoms with Crippen LogP contribution in [0, 0.1) is 0 Å². The Morgan fingerprint density at radius 1 is 1.25 bits per heavy atom. The summed E-state index contributed by atoms with van der Waals surface area (Å²) >= 11 is 0. The van der Waals surface area contributed by atoms with Gasteiger partial charge in [-0.1, -0.05) is 6.07 Å². The number of aromatic nitrogens is 1. The monoisotopic (exact) mass is 389 g/mol. The molecule has 3 rings (SSSR count). The molecule has 0 amide bonds. The summed E-state index contributed by atoms with van der Waals surface area (Å²) in [5.41, 5.74) is -0.283. The van der Waals surface area contributed by atoms with Crippen LogP contribution >= 0.6 is 0 Å². The Morgan fingerprint density at radius 3 is 2.61 bits per heavy atom. The molecule has 0 saturated carbocycles. The van der Waals surface area contributed by atoms with E-state index in [1.165, 1.54) is 0 Å². The fourth-order valence-corrected chi connectivity index (χ4v) is 4.50. The van der Waals surface area contributed by atoms with Crippen molar-refractivity contribution in [3.05, 3.63) is 30.1 Å². The van der Waals surface area contributed by atoms with Gasteiger partial charge in [-0.2, -0.15) is 0 Å². The molecule has 2 saturated heterocycles. The molecule has 0 aromatic carbocycles. The molecule has 2 fully saturated rings. The summed E-state index contributed by atoms with van der Waals surface area (Å²) in [6, 6.07) is 5.59. The molecule has 0 spiro atoms. The third-order valence-electron chi connectivity index (χ3n) is 5.88. The van der Waals surface area contributed by atoms with Gasteiger partial charge in [0.25, 0.3) is 0 Å². The van der Waals surface area contributed by atoms with Crippen LogP contribution in [-0.4, -0.2) is 83.7 Å². The molecule has 1 aromatic rings. The molecule has 0 aliphatic carbocycles. The second-order valence-corrected chi connectivity index (χ2v) is 8.86. The van der Waals surface area contributed by atoms with Crippen LogP contribution in [0.4, 0.5) is 0 Å². The van der Waals surface area contributed by atoms with Gasteiger partial charge in [0.05, 0.1) is 23.9 Å². The van der Waals surface area contributed by atoms with Crippen LogP contribution in [0.15, 0.2) is 24.4 Å². The lowest BCUT2D eigenvalue weighted by molar-refractivity contribution is -0.114. The van der Waals surface area contributed by atoms with E-state index in [1.54, 1.807) is 6.20 Å². The van der Waals surface area contributed by atoms with Crippen LogP contribution in [-0.2, 0) is 9.47 Å². The van der Waals surface area contributed by atoms with Gasteiger partial charge in [0.1, 0.15) is 5.69 Å². The van der Waals surface area contributed by atoms with E-state index in [2.05, 4.69) is 42.5 Å². The fraction of sp³-hybridized carbons (Fsp3) is 0.727. The first-order chi connectivity index (χ1) is 13.3. The summed E-state index contributed by atoms with van der Waals surface area (Å²) in [4.78, 5) is 22.8. The van der Waals surface area contributed by atoms with Crippen LogP contribution < -0.4 is 0 Å². The zero-order valence-electron chi connectivity index (χ0n) is 17.8. The second kappa shape index (κ2) is 8.99. The number of carbonyl (C=O) groups excluding carboxylic acids is 1. The van der Waals surface area contributed by atoms with Crippen molar-refractivity contribution >= 4 is 5.78 Å². The van der Waals surface area contributed by atoms with E-state index in [0.717, 1.165) is 45.8 Å². The average molecular weight is 390 g/mol. The molecule has 28 heavy (non-hydrogen) atoms. The summed E-state index contributed by atoms with van der Waals surface area (Å²) in [7, 11) is 0. The van der Waals surface area contributed by atoms with Gasteiger partial charge in [-0.15, -0.1) is 0 Å². The van der Waals surface area contributed by atoms with Gasteiger partial charge in [-0.3, -0.25) is 19.6 Å². The molecule has 0 bridgehead atoms. The molecule has 6 heteroatoms. The molecule has 0 unspecified atom stereocenters. The van der Waals surface area contributed by atoms with Crippen molar-refractivity contribution in [2.24, 2.45) is 0 Å². The van der Waals surface area contributed by atoms with Gasteiger partial charge in [0.15, 0.2) is 0 Å². The number of nitrogens with zero attached hydrogens (tertiary/aromatic N) is 3. The summed E-state index contributed by atoms with van der Waals surface area (Å²) in [6.45, 7) is 14.3. The van der Waals surface area contributed by atoms with Crippen molar-refractivity contribution in [3.63, 3.8) is 0 Å². The maximum atomic E-state index is 13.6. The minimum absolute atomic E-state index is 0.140. The predicted octanol–water partition coefficient (Wildman–Crippen LogP) is 2.63. The van der Waals surface area contributed by atoms with Crippen LogP contribution in [0.3, 0.4) is 0 Å². The molecule has 2 aliphatic rings. The predicted molar refractivity (Wildman–Crippen MR) is 110 cm³/mol. The van der Waals surface area contributed by atoms with Crippen molar-refractivity contribution in [1.82, 2.24) is 14.8 Å². The van der Waals surface area contributed by atoms with Crippen LogP contribution in [0.2, 0.25) is 0 Å². The molecular weight excluding hydrogens is 354 g/mol. The molecule has 1 atom stereocenters. The zero-order chi connectivity index (χ0) is 20.2. The third-order valence-corrected chi connectivity index (χ3v) is 5.88. The van der Waals surface area contributed by atoms with E-state index in [1.807, 2.05) is 18.2 Å². The Kier molecular flexibility index (Phi) is 6.86. The van der Waals surface area contributed by atoms with Gasteiger partial charge in [-0.25, -0.2) is 0 Å². The van der Waals surface area contributed by atoms with Crippen molar-refractivity contribution in [2.75, 3.05) is 45.9 Å². The maximum absolute atomic E-state index is 13.6. The first-order valence-corrected chi connectivity index (χ1v) is 10.5. The Balaban J connectivity index is 1.73. The first kappa shape index (κ1) is 21.4. The second-order valence-electron chi connectivity index (χ2n) is 8.86. The van der Waals surface area contributed by atoms with Gasteiger partial charge >= 0.3 is 0 Å². The first-order valence-electron chi connectivity index (χ1n) is 10.5. The topological polar surface area (TPSA) is 54.9 Å². The number of ketones is 1. The SMILES string of the molecule is CC(C)OCCN1CCN([C@]2(C(=O)c3ccccn3)CCOC(C)(C)C2)CC1. The lowest BCUT2D eigenvalue weighted by Gasteiger charge is -2.52. The average Bonchev–Trinajstić information content (AvgIpc) is 2.67. The number of Topliss-reactive ketones (excluding diaryl/α,β-unsaturated/α-hetero) is 1. The van der Waals surface area contributed by atoms with Crippen LogP contribution in [0.25, 0.3) is 0 Å². The fourth-order valence-electron chi connectivity index (χ4n) is 4.50. The minimum Gasteiger partial charge on any atom is -0.377 e. The molecule has 1 aromatic heterocycles. The highest BCUT2D eigenvalue weighted by atomic mass is 16.5. The number of rotatable bonds is 7. The lowest BCUT2D eigenvalue weighted by atomic mass is 9.75. The Morgan fingerprint density at radius 2 is 2.00 bits per heavy atom. The number of piperazine rings is 1. The minimum atomic E-state index is -0.531. The van der Waals surface area contributed by atoms with Crippen molar-refractivity contribution in [2.45, 2.75) is 57.8 Å². The van der Waals surface area contributed by atoms with Crippen LogP contribution in [0.1, 0.15) is 51.0 Å². The molecular formula is C22H35N3O3. The highest BCUT2D eigenvalue weighted by Crippen LogP contribution is 2.39. The lowest BCUT2D eigenvalue weighted by Crippen LogP contribution is -2.65. The maximum Gasteiger partial charge on any atom is 0.201 e. The van der Waals surface area contributed by atoms with Crippen LogP contribution in [0.5, 0.6) is 0 Å². The van der Waals surface area contributed by atoms with Crippen molar-refractivity contribution in [3.8, 4) is 0 Å². The third kappa shape index (κ3) is 4.98. The zero-order valence-corrected chi connectivity index (χ0v) is 17.8. The smallest absolute Gasteiger partial charge is 0.201 e. The van der Waals surface area contributed by atoms with Crippen molar-refractivity contribution < 1.29 is 14.3 Å². The number of carbonyl (C=O) groups is 1. The van der Waals surface area contributed by atoms with Gasteiger partial charge in [0, 0.05) is 51.9 Å². The normalized spacial score (nSPS) is 26.5. The molecule has 3 heterocycles. The highest BCUT2D eigenvalue weighted by molar-refractivity contribution is 6.02. The van der Waals surface area contributed by atoms with Gasteiger partial charge in [-0.05, 0) is 46.2 Å². The Hall–Kier alpha value is -1.34. The number of hydrogen-bond donors (Lipinski definition) is 0. The highest BCUT2D eigenvalue weighted by Gasteiger charge is 2.51. The summed E-state index contributed by atoms with van der Waals surface area (Å²) in [6.07, 6.45) is 3.40. The number of pyridine rings is 1. The number of ether oxygens (including phenoxy) is 2. The quantitative estimate of drug-likeness (QED) is 0.668. The molecule has 0 N–H and O–H groups in total. The molecule has 2 aliphatic heterocycles. The summed E-state index contributed by atoms with van der Waals surface area (Å²) in [5.74, 6) is 0.140. The molecule has 6 nitrogen and oxygen atoms in total. The van der Waals surface area contributed by atoms with E-state index in [0.29, 0.717) is 18.7 Å². The van der Waals surface area contributed by atoms with E-state index in [-0.39, 0.29) is 17.5 Å². The summed E-state index contributed by atoms with van der Waals surface area (Å²) in [5, 5.41) is 0. The van der Waals surface area contributed by atoms with E-state index in [4.69, 9.17) is 9.47 Å². The van der Waals surface area contributed by atoms with E-state index >= 15 is 0 Å². The summed E-state index contributed by atoms with van der Waals surface area (Å²) < 4.78 is 11.7. The van der Waals surface area contributed by atoms with E-state index < -0.39 is 5.54 Å². The largest absolute Gasteiger partial charge is 0.377 e. The molecule has 156 valence electrons. The van der Waals surface area contributed by atoms with Crippen molar-refractivity contribution in [1.29, 1.82) is 0 Å². The molecule has 0 radical (unpaired) electrons. The standard InChI is InChI=1S/C22H35N3O3/c1-18(2)27-16-14-24-10-12-25(13-11-24)22(8-15-28-21(3,4)17-22)20(26)19-7-5-6-9-23-19/h5-7,9,18H,8,10-17H2,1-4H3/t22-/m1/s1. The Labute approximate surface area is 169 Å². The number of hydrogen-bond acceptors (Lipinski definition) is 6. The van der Waals surface area contributed by atoms with Gasteiger partial charge in [0.2, 0.25) is 5.78 Å². The van der Waals surface area contributed by atoms with Gasteiger partial charge < -0.3 is 9.47 Å². The Bertz CT molecular complexity index is 642. The van der Waals surface area contributed by atoms with E-state index in [9.17, 15) is 4.79 Å².